The molecular weight excluding hydrogens is 252 g/mol. The molecule has 1 unspecified atom stereocenters. The minimum atomic E-state index is -1.33. The van der Waals surface area contributed by atoms with Crippen LogP contribution in [0.5, 0.6) is 0 Å². The molecule has 18 heavy (non-hydrogen) atoms. The Morgan fingerprint density at radius 3 is 2.56 bits per heavy atom. The fraction of sp³-hybridized carbons (Fsp3) is 0.0769. The molecule has 1 aromatic heterocycles. The Labute approximate surface area is 109 Å². The molecule has 4 nitrogen and oxygen atoms in total. The highest BCUT2D eigenvalue weighted by Gasteiger charge is 2.16. The summed E-state index contributed by atoms with van der Waals surface area (Å²) in [6, 6.07) is 11.8. The van der Waals surface area contributed by atoms with E-state index in [1.165, 1.54) is 6.20 Å². The Bertz CT molecular complexity index is 528. The summed E-state index contributed by atoms with van der Waals surface area (Å²) in [6.07, 6.45) is 0.102. The van der Waals surface area contributed by atoms with Crippen LogP contribution < -0.4 is 5.32 Å². The fourth-order valence-corrected chi connectivity index (χ4v) is 1.54. The minimum Gasteiger partial charge on any atom is -0.367 e. The lowest BCUT2D eigenvalue weighted by Crippen LogP contribution is -2.29. The van der Waals surface area contributed by atoms with Crippen molar-refractivity contribution in [1.82, 2.24) is 4.98 Å². The van der Waals surface area contributed by atoms with Crippen LogP contribution in [0.4, 0.5) is 5.82 Å². The SMILES string of the molecule is O=C(c1ccccc1)C(O)Nc1ccc(Cl)cn1. The predicted octanol–water partition coefficient (Wildman–Crippen LogP) is 2.35. The Balaban J connectivity index is 2.06. The van der Waals surface area contributed by atoms with E-state index in [2.05, 4.69) is 10.3 Å². The lowest BCUT2D eigenvalue weighted by Gasteiger charge is -2.12. The average molecular weight is 263 g/mol. The van der Waals surface area contributed by atoms with Crippen LogP contribution in [0, 0.1) is 0 Å². The number of aliphatic hydroxyl groups excluding tert-OH is 1. The van der Waals surface area contributed by atoms with Gasteiger partial charge in [-0.2, -0.15) is 0 Å². The first-order valence-electron chi connectivity index (χ1n) is 5.32. The maximum Gasteiger partial charge on any atom is 0.211 e. The molecule has 2 rings (SSSR count). The summed E-state index contributed by atoms with van der Waals surface area (Å²) in [5, 5.41) is 12.9. The van der Waals surface area contributed by atoms with E-state index in [0.717, 1.165) is 0 Å². The van der Waals surface area contributed by atoms with Crippen LogP contribution in [0.2, 0.25) is 5.02 Å². The summed E-state index contributed by atoms with van der Waals surface area (Å²) in [6.45, 7) is 0. The monoisotopic (exact) mass is 262 g/mol. The zero-order chi connectivity index (χ0) is 13.0. The van der Waals surface area contributed by atoms with Crippen molar-refractivity contribution in [1.29, 1.82) is 0 Å². The van der Waals surface area contributed by atoms with Crippen LogP contribution in [-0.4, -0.2) is 22.1 Å². The molecule has 0 fully saturated rings. The zero-order valence-corrected chi connectivity index (χ0v) is 10.1. The van der Waals surface area contributed by atoms with Gasteiger partial charge in [0.2, 0.25) is 5.78 Å². The van der Waals surface area contributed by atoms with Crippen LogP contribution >= 0.6 is 11.6 Å². The van der Waals surface area contributed by atoms with E-state index in [-0.39, 0.29) is 0 Å². The smallest absolute Gasteiger partial charge is 0.211 e. The van der Waals surface area contributed by atoms with Gasteiger partial charge < -0.3 is 10.4 Å². The third-order valence-corrected chi connectivity index (χ3v) is 2.54. The number of carbonyl (C=O) groups is 1. The second kappa shape index (κ2) is 5.62. The van der Waals surface area contributed by atoms with Crippen molar-refractivity contribution in [3.63, 3.8) is 0 Å². The highest BCUT2D eigenvalue weighted by Crippen LogP contribution is 2.11. The Morgan fingerprint density at radius 1 is 1.22 bits per heavy atom. The summed E-state index contributed by atoms with van der Waals surface area (Å²) in [4.78, 5) is 15.8. The fourth-order valence-electron chi connectivity index (χ4n) is 1.43. The Morgan fingerprint density at radius 2 is 1.94 bits per heavy atom. The van der Waals surface area contributed by atoms with Crippen molar-refractivity contribution < 1.29 is 9.90 Å². The Kier molecular flexibility index (Phi) is 3.92. The van der Waals surface area contributed by atoms with E-state index in [4.69, 9.17) is 11.6 Å². The molecule has 0 saturated heterocycles. The second-order valence-electron chi connectivity index (χ2n) is 3.64. The summed E-state index contributed by atoms with van der Waals surface area (Å²) in [5.41, 5.74) is 0.437. The minimum absolute atomic E-state index is 0.385. The van der Waals surface area contributed by atoms with Gasteiger partial charge >= 0.3 is 0 Å². The molecule has 0 radical (unpaired) electrons. The first kappa shape index (κ1) is 12.5. The number of hydrogen-bond donors (Lipinski definition) is 2. The Hall–Kier alpha value is -1.91. The van der Waals surface area contributed by atoms with E-state index in [1.54, 1.807) is 42.5 Å². The first-order valence-corrected chi connectivity index (χ1v) is 5.70. The number of Topliss-reactive ketones (excluding diaryl/α,β-unsaturated/α-hetero) is 1. The maximum absolute atomic E-state index is 11.8. The third-order valence-electron chi connectivity index (χ3n) is 2.32. The molecule has 2 N–H and O–H groups in total. The predicted molar refractivity (Wildman–Crippen MR) is 69.6 cm³/mol. The van der Waals surface area contributed by atoms with Crippen molar-refractivity contribution >= 4 is 23.2 Å². The van der Waals surface area contributed by atoms with Crippen molar-refractivity contribution in [3.05, 3.63) is 59.2 Å². The van der Waals surface area contributed by atoms with Crippen LogP contribution in [0.1, 0.15) is 10.4 Å². The quantitative estimate of drug-likeness (QED) is 0.656. The molecule has 0 amide bonds. The lowest BCUT2D eigenvalue weighted by atomic mass is 10.1. The average Bonchev–Trinajstić information content (AvgIpc) is 2.41. The third kappa shape index (κ3) is 3.06. The van der Waals surface area contributed by atoms with Gasteiger partial charge in [-0.05, 0) is 12.1 Å². The highest BCUT2D eigenvalue weighted by atomic mass is 35.5. The normalized spacial score (nSPS) is 11.9. The van der Waals surface area contributed by atoms with E-state index < -0.39 is 12.0 Å². The highest BCUT2D eigenvalue weighted by molar-refractivity contribution is 6.30. The molecule has 1 atom stereocenters. The van der Waals surface area contributed by atoms with E-state index in [0.29, 0.717) is 16.4 Å². The number of benzene rings is 1. The number of nitrogens with zero attached hydrogens (tertiary/aromatic N) is 1. The molecule has 0 aliphatic carbocycles. The number of pyridine rings is 1. The number of halogens is 1. The number of aliphatic hydroxyl groups is 1. The number of rotatable bonds is 4. The summed E-state index contributed by atoms with van der Waals surface area (Å²) in [5.74, 6) is -0.0245. The number of carbonyl (C=O) groups excluding carboxylic acids is 1. The summed E-state index contributed by atoms with van der Waals surface area (Å²) >= 11 is 5.69. The van der Waals surface area contributed by atoms with Gasteiger partial charge in [-0.15, -0.1) is 0 Å². The molecule has 0 saturated carbocycles. The van der Waals surface area contributed by atoms with Crippen LogP contribution in [0.3, 0.4) is 0 Å². The molecule has 5 heteroatoms. The molecule has 0 spiro atoms. The standard InChI is InChI=1S/C13H11ClN2O2/c14-10-6-7-11(15-8-10)16-13(18)12(17)9-4-2-1-3-5-9/h1-8,13,18H,(H,15,16). The maximum atomic E-state index is 11.8. The number of ketones is 1. The van der Waals surface area contributed by atoms with Gasteiger partial charge in [0.05, 0.1) is 5.02 Å². The van der Waals surface area contributed by atoms with Crippen LogP contribution in [0.15, 0.2) is 48.7 Å². The van der Waals surface area contributed by atoms with E-state index in [9.17, 15) is 9.90 Å². The van der Waals surface area contributed by atoms with Gasteiger partial charge in [0.1, 0.15) is 5.82 Å². The van der Waals surface area contributed by atoms with Gasteiger partial charge in [-0.25, -0.2) is 4.98 Å². The van der Waals surface area contributed by atoms with Crippen molar-refractivity contribution in [3.8, 4) is 0 Å². The summed E-state index contributed by atoms with van der Waals surface area (Å²) < 4.78 is 0. The number of anilines is 1. The van der Waals surface area contributed by atoms with Gasteiger partial charge in [0, 0.05) is 11.8 Å². The molecule has 0 bridgehead atoms. The van der Waals surface area contributed by atoms with Gasteiger partial charge in [0.25, 0.3) is 0 Å². The van der Waals surface area contributed by atoms with Crippen molar-refractivity contribution in [2.24, 2.45) is 0 Å². The van der Waals surface area contributed by atoms with Gasteiger partial charge in [-0.3, -0.25) is 4.79 Å². The van der Waals surface area contributed by atoms with Crippen LogP contribution in [0.25, 0.3) is 0 Å². The van der Waals surface area contributed by atoms with E-state index >= 15 is 0 Å². The molecule has 92 valence electrons. The largest absolute Gasteiger partial charge is 0.367 e. The van der Waals surface area contributed by atoms with Crippen molar-refractivity contribution in [2.45, 2.75) is 6.23 Å². The molecular formula is C13H11ClN2O2. The first-order chi connectivity index (χ1) is 8.66. The topological polar surface area (TPSA) is 62.2 Å². The van der Waals surface area contributed by atoms with Crippen LogP contribution in [-0.2, 0) is 0 Å². The number of aromatic nitrogens is 1. The van der Waals surface area contributed by atoms with Crippen molar-refractivity contribution in [2.75, 3.05) is 5.32 Å². The van der Waals surface area contributed by atoms with Gasteiger partial charge in [-0.1, -0.05) is 41.9 Å². The number of nitrogens with one attached hydrogen (secondary N) is 1. The lowest BCUT2D eigenvalue weighted by molar-refractivity contribution is 0.0793. The van der Waals surface area contributed by atoms with Gasteiger partial charge in [0.15, 0.2) is 6.23 Å². The second-order valence-corrected chi connectivity index (χ2v) is 4.08. The molecule has 0 aliphatic rings. The molecule has 1 aromatic carbocycles. The summed E-state index contributed by atoms with van der Waals surface area (Å²) in [7, 11) is 0. The number of hydrogen-bond acceptors (Lipinski definition) is 4. The molecule has 1 heterocycles. The molecule has 0 aliphatic heterocycles. The van der Waals surface area contributed by atoms with E-state index in [1.807, 2.05) is 0 Å². The zero-order valence-electron chi connectivity index (χ0n) is 9.38. The molecule has 2 aromatic rings.